The van der Waals surface area contributed by atoms with E-state index in [4.69, 9.17) is 9.47 Å². The normalized spacial score (nSPS) is 16.7. The van der Waals surface area contributed by atoms with E-state index in [0.29, 0.717) is 18.8 Å². The van der Waals surface area contributed by atoms with Gasteiger partial charge in [0.1, 0.15) is 11.4 Å². The number of fused-ring (bicyclic) bond motifs is 3. The standard InChI is InChI=1S/C26H25N3O4.C2H6/c1-3-32-25(31)22-21-23(29(27-22)19-8-9-20-17(14-19)10-13-33-20)24(30)28(15-26(21)11-12-26)18-6-4-16(2)5-7-18;1-2/h4-9,14H,3,10-13,15H2,1-2H3;1-2H3. The first-order valence-corrected chi connectivity index (χ1v) is 12.5. The van der Waals surface area contributed by atoms with Gasteiger partial charge in [0, 0.05) is 29.6 Å². The molecule has 0 atom stereocenters. The molecule has 1 saturated carbocycles. The van der Waals surface area contributed by atoms with E-state index in [2.05, 4.69) is 5.10 Å². The van der Waals surface area contributed by atoms with Crippen LogP contribution in [0.3, 0.4) is 0 Å². The Kier molecular flexibility index (Phi) is 5.87. The van der Waals surface area contributed by atoms with Crippen LogP contribution in [-0.2, 0) is 16.6 Å². The molecule has 2 aromatic carbocycles. The van der Waals surface area contributed by atoms with Crippen molar-refractivity contribution in [3.8, 4) is 11.4 Å². The molecule has 0 N–H and O–H groups in total. The predicted octanol–water partition coefficient (Wildman–Crippen LogP) is 5.01. The van der Waals surface area contributed by atoms with Gasteiger partial charge in [0.15, 0.2) is 5.69 Å². The number of benzene rings is 2. The Morgan fingerprint density at radius 2 is 1.83 bits per heavy atom. The van der Waals surface area contributed by atoms with Crippen molar-refractivity contribution in [1.29, 1.82) is 0 Å². The number of aromatic nitrogens is 2. The molecule has 3 aliphatic rings. The van der Waals surface area contributed by atoms with Crippen molar-refractivity contribution in [2.24, 2.45) is 0 Å². The van der Waals surface area contributed by atoms with Gasteiger partial charge in [-0.15, -0.1) is 0 Å². The molecule has 6 rings (SSSR count). The van der Waals surface area contributed by atoms with E-state index < -0.39 is 5.97 Å². The lowest BCUT2D eigenvalue weighted by Gasteiger charge is -2.33. The van der Waals surface area contributed by atoms with Crippen molar-refractivity contribution in [2.45, 2.75) is 52.4 Å². The predicted molar refractivity (Wildman–Crippen MR) is 134 cm³/mol. The number of anilines is 1. The fraction of sp³-hybridized carbons (Fsp3) is 0.393. The molecule has 1 amide bonds. The summed E-state index contributed by atoms with van der Waals surface area (Å²) >= 11 is 0. The SMILES string of the molecule is CC.CCOC(=O)c1nn(-c2ccc3c(c2)CCO3)c2c1C1(CC1)CN(c1ccc(C)cc1)C2=O. The van der Waals surface area contributed by atoms with Crippen molar-refractivity contribution in [2.75, 3.05) is 24.7 Å². The lowest BCUT2D eigenvalue weighted by Crippen LogP contribution is -2.44. The van der Waals surface area contributed by atoms with Crippen LogP contribution in [0.5, 0.6) is 5.75 Å². The number of ether oxygens (including phenoxy) is 2. The number of nitrogens with zero attached hydrogens (tertiary/aromatic N) is 3. The third-order valence-corrected chi connectivity index (χ3v) is 6.91. The second kappa shape index (κ2) is 8.87. The molecule has 1 aromatic heterocycles. The quantitative estimate of drug-likeness (QED) is 0.498. The van der Waals surface area contributed by atoms with Crippen LogP contribution in [0.2, 0.25) is 0 Å². The Morgan fingerprint density at radius 3 is 2.51 bits per heavy atom. The minimum atomic E-state index is -0.472. The summed E-state index contributed by atoms with van der Waals surface area (Å²) < 4.78 is 12.6. The van der Waals surface area contributed by atoms with Gasteiger partial charge in [-0.3, -0.25) is 4.79 Å². The monoisotopic (exact) mass is 473 g/mol. The maximum absolute atomic E-state index is 13.9. The first-order valence-electron chi connectivity index (χ1n) is 12.5. The number of esters is 1. The molecule has 0 unspecified atom stereocenters. The summed E-state index contributed by atoms with van der Waals surface area (Å²) in [6, 6.07) is 13.8. The highest BCUT2D eigenvalue weighted by atomic mass is 16.5. The molecule has 35 heavy (non-hydrogen) atoms. The molecular formula is C28H31N3O4. The molecule has 3 aromatic rings. The first-order chi connectivity index (χ1) is 17.0. The zero-order valence-electron chi connectivity index (χ0n) is 20.8. The maximum Gasteiger partial charge on any atom is 0.359 e. The van der Waals surface area contributed by atoms with Gasteiger partial charge in [0.2, 0.25) is 0 Å². The van der Waals surface area contributed by atoms with Crippen LogP contribution in [0.4, 0.5) is 5.69 Å². The number of aryl methyl sites for hydroxylation is 1. The minimum Gasteiger partial charge on any atom is -0.493 e. The molecule has 0 bridgehead atoms. The van der Waals surface area contributed by atoms with Gasteiger partial charge in [-0.2, -0.15) is 5.10 Å². The lowest BCUT2D eigenvalue weighted by atomic mass is 9.88. The number of hydrogen-bond acceptors (Lipinski definition) is 5. The average Bonchev–Trinajstić information content (AvgIpc) is 3.29. The van der Waals surface area contributed by atoms with Crippen molar-refractivity contribution in [3.63, 3.8) is 0 Å². The summed E-state index contributed by atoms with van der Waals surface area (Å²) in [5, 5.41) is 4.69. The summed E-state index contributed by atoms with van der Waals surface area (Å²) in [6.07, 6.45) is 2.63. The zero-order valence-corrected chi connectivity index (χ0v) is 20.8. The molecule has 7 heteroatoms. The molecule has 1 fully saturated rings. The Hall–Kier alpha value is -3.61. The highest BCUT2D eigenvalue weighted by molar-refractivity contribution is 6.10. The highest BCUT2D eigenvalue weighted by Gasteiger charge is 2.56. The summed E-state index contributed by atoms with van der Waals surface area (Å²) in [7, 11) is 0. The molecule has 182 valence electrons. The number of carbonyl (C=O) groups excluding carboxylic acids is 2. The van der Waals surface area contributed by atoms with Crippen LogP contribution >= 0.6 is 0 Å². The summed E-state index contributed by atoms with van der Waals surface area (Å²) in [6.45, 7) is 9.25. The number of carbonyl (C=O) groups is 2. The fourth-order valence-corrected chi connectivity index (χ4v) is 5.03. The van der Waals surface area contributed by atoms with Gasteiger partial charge < -0.3 is 14.4 Å². The zero-order chi connectivity index (χ0) is 24.7. The Bertz CT molecular complexity index is 1290. The number of amides is 1. The summed E-state index contributed by atoms with van der Waals surface area (Å²) in [5.41, 5.74) is 5.02. The van der Waals surface area contributed by atoms with E-state index in [9.17, 15) is 9.59 Å². The van der Waals surface area contributed by atoms with Gasteiger partial charge in [-0.25, -0.2) is 9.48 Å². The third-order valence-electron chi connectivity index (χ3n) is 6.91. The first kappa shape index (κ1) is 23.1. The topological polar surface area (TPSA) is 73.7 Å². The molecule has 3 heterocycles. The van der Waals surface area contributed by atoms with E-state index in [0.717, 1.165) is 53.1 Å². The maximum atomic E-state index is 13.9. The van der Waals surface area contributed by atoms with Crippen LogP contribution < -0.4 is 9.64 Å². The van der Waals surface area contributed by atoms with Crippen LogP contribution in [0, 0.1) is 6.92 Å². The second-order valence-corrected chi connectivity index (χ2v) is 9.10. The molecule has 1 spiro atoms. The van der Waals surface area contributed by atoms with Crippen molar-refractivity contribution in [3.05, 3.63) is 70.5 Å². The minimum absolute atomic E-state index is 0.147. The number of hydrogen-bond donors (Lipinski definition) is 0. The van der Waals surface area contributed by atoms with E-state index in [1.165, 1.54) is 0 Å². The molecule has 0 radical (unpaired) electrons. The largest absolute Gasteiger partial charge is 0.493 e. The Balaban J connectivity index is 0.00000124. The van der Waals surface area contributed by atoms with Crippen LogP contribution in [0.25, 0.3) is 5.69 Å². The van der Waals surface area contributed by atoms with Crippen molar-refractivity contribution >= 4 is 17.6 Å². The van der Waals surface area contributed by atoms with E-state index >= 15 is 0 Å². The fourth-order valence-electron chi connectivity index (χ4n) is 5.03. The smallest absolute Gasteiger partial charge is 0.359 e. The van der Waals surface area contributed by atoms with Crippen LogP contribution in [0.15, 0.2) is 42.5 Å². The van der Waals surface area contributed by atoms with Gasteiger partial charge >= 0.3 is 5.97 Å². The van der Waals surface area contributed by atoms with E-state index in [-0.39, 0.29) is 23.6 Å². The number of rotatable bonds is 4. The molecule has 2 aliphatic heterocycles. The Morgan fingerprint density at radius 1 is 1.11 bits per heavy atom. The van der Waals surface area contributed by atoms with Gasteiger partial charge in [-0.05, 0) is 62.6 Å². The van der Waals surface area contributed by atoms with Gasteiger partial charge in [0.25, 0.3) is 5.91 Å². The second-order valence-electron chi connectivity index (χ2n) is 9.10. The summed E-state index contributed by atoms with van der Waals surface area (Å²) in [5.74, 6) is 0.239. The molecule has 1 aliphatic carbocycles. The Labute approximate surface area is 205 Å². The van der Waals surface area contributed by atoms with Crippen molar-refractivity contribution in [1.82, 2.24) is 9.78 Å². The van der Waals surface area contributed by atoms with E-state index in [1.54, 1.807) is 11.6 Å². The van der Waals surface area contributed by atoms with Gasteiger partial charge in [-0.1, -0.05) is 31.5 Å². The average molecular weight is 474 g/mol. The van der Waals surface area contributed by atoms with Crippen molar-refractivity contribution < 1.29 is 19.1 Å². The molecular weight excluding hydrogens is 442 g/mol. The van der Waals surface area contributed by atoms with Crippen LogP contribution in [-0.4, -0.2) is 41.4 Å². The third kappa shape index (κ3) is 3.79. The highest BCUT2D eigenvalue weighted by Crippen LogP contribution is 2.54. The molecule has 7 nitrogen and oxygen atoms in total. The molecule has 0 saturated heterocycles. The van der Waals surface area contributed by atoms with Crippen LogP contribution in [0.1, 0.15) is 71.3 Å². The lowest BCUT2D eigenvalue weighted by molar-refractivity contribution is 0.0516. The summed E-state index contributed by atoms with van der Waals surface area (Å²) in [4.78, 5) is 28.7. The van der Waals surface area contributed by atoms with Gasteiger partial charge in [0.05, 0.1) is 18.9 Å². The van der Waals surface area contributed by atoms with E-state index in [1.807, 2.05) is 68.1 Å².